The van der Waals surface area contributed by atoms with E-state index in [1.807, 2.05) is 0 Å². The molecule has 3 nitrogen and oxygen atoms in total. The molecule has 1 N–H and O–H groups in total. The summed E-state index contributed by atoms with van der Waals surface area (Å²) in [7, 11) is -4.88. The molecule has 0 unspecified atom stereocenters. The first-order chi connectivity index (χ1) is 7.11. The van der Waals surface area contributed by atoms with Crippen molar-refractivity contribution in [3.63, 3.8) is 0 Å². The van der Waals surface area contributed by atoms with Crippen molar-refractivity contribution in [3.8, 4) is 0 Å². The second-order valence-corrected chi connectivity index (χ2v) is 5.88. The Labute approximate surface area is 92.6 Å². The molecule has 16 heavy (non-hydrogen) atoms. The molecule has 0 saturated carbocycles. The van der Waals surface area contributed by atoms with E-state index in [0.29, 0.717) is 0 Å². The second-order valence-electron chi connectivity index (χ2n) is 3.89. The highest BCUT2D eigenvalue weighted by Crippen LogP contribution is 2.37. The van der Waals surface area contributed by atoms with Crippen LogP contribution in [0.25, 0.3) is 0 Å². The van der Waals surface area contributed by atoms with Gasteiger partial charge in [0.05, 0.1) is 4.90 Å². The molecule has 0 saturated heterocycles. The van der Waals surface area contributed by atoms with Crippen molar-refractivity contribution >= 4 is 9.84 Å². The Bertz CT molecular complexity index is 461. The smallest absolute Gasteiger partial charge is 0.377 e. The molecule has 0 fully saturated rings. The zero-order valence-electron chi connectivity index (χ0n) is 8.81. The Kier molecular flexibility index (Phi) is 3.08. The molecule has 0 atom stereocenters. The maximum absolute atomic E-state index is 13.6. The quantitative estimate of drug-likeness (QED) is 0.890. The summed E-state index contributed by atoms with van der Waals surface area (Å²) in [6.45, 7) is 1.51. The van der Waals surface area contributed by atoms with Crippen molar-refractivity contribution in [3.05, 3.63) is 30.3 Å². The summed E-state index contributed by atoms with van der Waals surface area (Å²) in [6, 6.07) is 6.33. The number of aliphatic hydroxyl groups is 1. The van der Waals surface area contributed by atoms with Gasteiger partial charge in [0.25, 0.3) is 0 Å². The molecule has 0 radical (unpaired) electrons. The van der Waals surface area contributed by atoms with Crippen LogP contribution < -0.4 is 0 Å². The molecule has 0 heterocycles. The largest absolute Gasteiger partial charge is 0.383 e. The lowest BCUT2D eigenvalue weighted by Crippen LogP contribution is -2.48. The third-order valence-electron chi connectivity index (χ3n) is 2.10. The lowest BCUT2D eigenvalue weighted by atomic mass is 10.1. The van der Waals surface area contributed by atoms with Gasteiger partial charge in [0.1, 0.15) is 5.60 Å². The van der Waals surface area contributed by atoms with Crippen molar-refractivity contribution < 1.29 is 22.3 Å². The van der Waals surface area contributed by atoms with Crippen molar-refractivity contribution in [2.24, 2.45) is 0 Å². The number of hydrogen-bond donors (Lipinski definition) is 1. The van der Waals surface area contributed by atoms with Gasteiger partial charge in [-0.05, 0) is 26.0 Å². The van der Waals surface area contributed by atoms with E-state index >= 15 is 0 Å². The van der Waals surface area contributed by atoms with Crippen LogP contribution in [0.5, 0.6) is 0 Å². The normalized spacial score (nSPS) is 13.8. The number of benzene rings is 1. The molecule has 1 rings (SSSR count). The van der Waals surface area contributed by atoms with Crippen LogP contribution in [0.2, 0.25) is 0 Å². The van der Waals surface area contributed by atoms with Crippen LogP contribution in [0, 0.1) is 0 Å². The summed E-state index contributed by atoms with van der Waals surface area (Å²) in [4.78, 5) is -0.512. The molecule has 1 aromatic carbocycles. The van der Waals surface area contributed by atoms with E-state index in [4.69, 9.17) is 0 Å². The summed E-state index contributed by atoms with van der Waals surface area (Å²) >= 11 is 0. The van der Waals surface area contributed by atoms with Crippen molar-refractivity contribution in [1.82, 2.24) is 0 Å². The lowest BCUT2D eigenvalue weighted by molar-refractivity contribution is -0.102. The van der Waals surface area contributed by atoms with E-state index in [1.165, 1.54) is 18.2 Å². The zero-order valence-corrected chi connectivity index (χ0v) is 9.63. The summed E-state index contributed by atoms with van der Waals surface area (Å²) in [5.41, 5.74) is -2.64. The van der Waals surface area contributed by atoms with E-state index in [1.54, 1.807) is 0 Å². The molecule has 0 spiro atoms. The van der Waals surface area contributed by atoms with Gasteiger partial charge in [-0.15, -0.1) is 0 Å². The minimum Gasteiger partial charge on any atom is -0.383 e. The van der Waals surface area contributed by atoms with Gasteiger partial charge in [-0.3, -0.25) is 0 Å². The first-order valence-electron chi connectivity index (χ1n) is 4.50. The van der Waals surface area contributed by atoms with E-state index < -0.39 is 25.6 Å². The fourth-order valence-electron chi connectivity index (χ4n) is 1.08. The van der Waals surface area contributed by atoms with Gasteiger partial charge in [0, 0.05) is 0 Å². The predicted molar refractivity (Wildman–Crippen MR) is 54.9 cm³/mol. The van der Waals surface area contributed by atoms with Crippen LogP contribution in [0.4, 0.5) is 8.78 Å². The van der Waals surface area contributed by atoms with Gasteiger partial charge in [-0.25, -0.2) is 8.42 Å². The third kappa shape index (κ3) is 1.94. The summed E-state index contributed by atoms with van der Waals surface area (Å²) in [5.74, 6) is 0. The van der Waals surface area contributed by atoms with E-state index in [0.717, 1.165) is 26.0 Å². The Morgan fingerprint density at radius 1 is 1.12 bits per heavy atom. The summed E-state index contributed by atoms with van der Waals surface area (Å²) in [6.07, 6.45) is 0. The van der Waals surface area contributed by atoms with Crippen LogP contribution in [0.1, 0.15) is 13.8 Å². The first kappa shape index (κ1) is 13.1. The van der Waals surface area contributed by atoms with Crippen LogP contribution in [0.3, 0.4) is 0 Å². The highest BCUT2D eigenvalue weighted by molar-refractivity contribution is 7.92. The molecule has 0 aliphatic rings. The van der Waals surface area contributed by atoms with Crippen molar-refractivity contribution in [1.29, 1.82) is 0 Å². The summed E-state index contributed by atoms with van der Waals surface area (Å²) in [5, 5.41) is 4.98. The van der Waals surface area contributed by atoms with Gasteiger partial charge >= 0.3 is 5.25 Å². The average Bonchev–Trinajstić information content (AvgIpc) is 2.17. The Morgan fingerprint density at radius 2 is 1.56 bits per heavy atom. The number of alkyl halides is 2. The number of sulfone groups is 1. The SMILES string of the molecule is CC(C)(O)C(F)(F)S(=O)(=O)c1ccccc1. The minimum atomic E-state index is -4.88. The van der Waals surface area contributed by atoms with Crippen LogP contribution in [0.15, 0.2) is 35.2 Å². The Balaban J connectivity index is 3.35. The third-order valence-corrected chi connectivity index (χ3v) is 4.17. The maximum Gasteiger partial charge on any atom is 0.377 e. The average molecular weight is 250 g/mol. The Hall–Kier alpha value is -1.01. The fraction of sp³-hybridized carbons (Fsp3) is 0.400. The van der Waals surface area contributed by atoms with Crippen LogP contribution >= 0.6 is 0 Å². The number of halogens is 2. The molecule has 90 valence electrons. The maximum atomic E-state index is 13.6. The molecule has 0 aliphatic heterocycles. The molecular formula is C10H12F2O3S. The standard InChI is InChI=1S/C10H12F2O3S/c1-9(2,13)10(11,12)16(14,15)8-6-4-3-5-7-8/h3-7,13H,1-2H3. The highest BCUT2D eigenvalue weighted by atomic mass is 32.2. The topological polar surface area (TPSA) is 54.4 Å². The number of hydrogen-bond acceptors (Lipinski definition) is 3. The fourth-order valence-corrected chi connectivity index (χ4v) is 2.55. The van der Waals surface area contributed by atoms with Gasteiger partial charge in [-0.1, -0.05) is 18.2 Å². The number of rotatable bonds is 3. The molecule has 0 aromatic heterocycles. The molecule has 0 aliphatic carbocycles. The van der Waals surface area contributed by atoms with Gasteiger partial charge < -0.3 is 5.11 Å². The van der Waals surface area contributed by atoms with E-state index in [2.05, 4.69) is 0 Å². The summed E-state index contributed by atoms with van der Waals surface area (Å²) < 4.78 is 50.3. The van der Waals surface area contributed by atoms with E-state index in [-0.39, 0.29) is 0 Å². The first-order valence-corrected chi connectivity index (χ1v) is 5.99. The molecule has 0 bridgehead atoms. The molecule has 6 heteroatoms. The highest BCUT2D eigenvalue weighted by Gasteiger charge is 2.57. The second kappa shape index (κ2) is 3.78. The monoisotopic (exact) mass is 250 g/mol. The van der Waals surface area contributed by atoms with Crippen LogP contribution in [-0.4, -0.2) is 24.4 Å². The zero-order chi connectivity index (χ0) is 12.6. The van der Waals surface area contributed by atoms with Crippen molar-refractivity contribution in [2.75, 3.05) is 0 Å². The minimum absolute atomic E-state index is 0.512. The van der Waals surface area contributed by atoms with Gasteiger partial charge in [0.15, 0.2) is 0 Å². The van der Waals surface area contributed by atoms with Crippen LogP contribution in [-0.2, 0) is 9.84 Å². The molecular weight excluding hydrogens is 238 g/mol. The molecule has 1 aromatic rings. The molecule has 0 amide bonds. The van der Waals surface area contributed by atoms with Gasteiger partial charge in [-0.2, -0.15) is 8.78 Å². The van der Waals surface area contributed by atoms with Gasteiger partial charge in [0.2, 0.25) is 9.84 Å². The lowest BCUT2D eigenvalue weighted by Gasteiger charge is -2.28. The van der Waals surface area contributed by atoms with Crippen molar-refractivity contribution in [2.45, 2.75) is 29.6 Å². The Morgan fingerprint density at radius 3 is 1.94 bits per heavy atom. The predicted octanol–water partition coefficient (Wildman–Crippen LogP) is 1.82. The van der Waals surface area contributed by atoms with E-state index in [9.17, 15) is 22.3 Å².